The smallest absolute Gasteiger partial charge is 0.251 e. The highest BCUT2D eigenvalue weighted by molar-refractivity contribution is 5.97. The third-order valence-electron chi connectivity index (χ3n) is 5.38. The first-order valence-corrected chi connectivity index (χ1v) is 9.00. The molecule has 1 aliphatic carbocycles. The topological polar surface area (TPSA) is 61.4 Å². The largest absolute Gasteiger partial charge is 0.355 e. The number of benzene rings is 1. The van der Waals surface area contributed by atoms with Crippen LogP contribution in [0.2, 0.25) is 0 Å². The summed E-state index contributed by atoms with van der Waals surface area (Å²) in [6, 6.07) is 7.05. The third-order valence-corrected chi connectivity index (χ3v) is 5.38. The molecule has 0 spiro atoms. The maximum atomic E-state index is 12.3. The van der Waals surface area contributed by atoms with Crippen LogP contribution in [-0.2, 0) is 4.79 Å². The molecular weight excluding hydrogens is 302 g/mol. The summed E-state index contributed by atoms with van der Waals surface area (Å²) < 4.78 is 0. The minimum atomic E-state index is -0.148. The van der Waals surface area contributed by atoms with Crippen molar-refractivity contribution in [1.29, 1.82) is 0 Å². The fraction of sp³-hybridized carbons (Fsp3) is 0.579. The van der Waals surface area contributed by atoms with Crippen LogP contribution >= 0.6 is 0 Å². The Morgan fingerprint density at radius 2 is 1.96 bits per heavy atom. The van der Waals surface area contributed by atoms with Crippen LogP contribution in [0.25, 0.3) is 0 Å². The lowest BCUT2D eigenvalue weighted by atomic mass is 9.75. The molecule has 0 aromatic heterocycles. The second kappa shape index (κ2) is 7.79. The van der Waals surface area contributed by atoms with E-state index in [-0.39, 0.29) is 11.8 Å². The third kappa shape index (κ3) is 4.15. The molecule has 2 aliphatic rings. The Labute approximate surface area is 143 Å². The summed E-state index contributed by atoms with van der Waals surface area (Å²) in [5.41, 5.74) is 1.23. The molecule has 3 rings (SSSR count). The van der Waals surface area contributed by atoms with Crippen LogP contribution in [0.15, 0.2) is 24.3 Å². The van der Waals surface area contributed by atoms with Gasteiger partial charge in [0, 0.05) is 24.8 Å². The van der Waals surface area contributed by atoms with Gasteiger partial charge in [0.25, 0.3) is 5.91 Å². The number of piperidine rings is 1. The van der Waals surface area contributed by atoms with Crippen molar-refractivity contribution in [3.05, 3.63) is 29.8 Å². The number of amides is 2. The van der Waals surface area contributed by atoms with E-state index in [0.29, 0.717) is 17.8 Å². The number of carbonyl (C=O) groups excluding carboxylic acids is 2. The number of carbonyl (C=O) groups is 2. The Bertz CT molecular complexity index is 602. The highest BCUT2D eigenvalue weighted by atomic mass is 16.2. The normalized spacial score (nSPS) is 24.0. The summed E-state index contributed by atoms with van der Waals surface area (Å²) >= 11 is 0. The van der Waals surface area contributed by atoms with E-state index < -0.39 is 0 Å². The van der Waals surface area contributed by atoms with Gasteiger partial charge in [-0.15, -0.1) is 0 Å². The average Bonchev–Trinajstić information content (AvgIpc) is 2.61. The maximum absolute atomic E-state index is 12.3. The van der Waals surface area contributed by atoms with Crippen LogP contribution in [0.3, 0.4) is 0 Å². The van der Waals surface area contributed by atoms with Crippen LogP contribution in [-0.4, -0.2) is 43.4 Å². The molecule has 5 heteroatoms. The quantitative estimate of drug-likeness (QED) is 0.892. The fourth-order valence-corrected chi connectivity index (χ4v) is 4.11. The number of nitrogens with zero attached hydrogens (tertiary/aromatic N) is 1. The minimum absolute atomic E-state index is 0.00156. The number of hydrogen-bond donors (Lipinski definition) is 2. The van der Waals surface area contributed by atoms with E-state index in [4.69, 9.17) is 0 Å². The molecule has 1 aromatic rings. The molecule has 2 N–H and O–H groups in total. The first-order valence-electron chi connectivity index (χ1n) is 9.00. The van der Waals surface area contributed by atoms with Gasteiger partial charge in [0.1, 0.15) is 0 Å². The van der Waals surface area contributed by atoms with E-state index in [2.05, 4.69) is 15.5 Å². The van der Waals surface area contributed by atoms with Gasteiger partial charge in [0.15, 0.2) is 0 Å². The second-order valence-corrected chi connectivity index (χ2v) is 7.04. The molecule has 5 nitrogen and oxygen atoms in total. The SMILES string of the molecule is CNC(=O)c1cccc(NC(=O)CN2CC[C@H]3CCCC[C@H]3C2)c1. The van der Waals surface area contributed by atoms with Crippen LogP contribution in [0.4, 0.5) is 5.69 Å². The molecule has 2 atom stereocenters. The molecule has 1 aromatic carbocycles. The zero-order chi connectivity index (χ0) is 16.9. The fourth-order valence-electron chi connectivity index (χ4n) is 4.11. The molecule has 1 saturated heterocycles. The Balaban J connectivity index is 1.53. The van der Waals surface area contributed by atoms with Gasteiger partial charge in [-0.3, -0.25) is 14.5 Å². The van der Waals surface area contributed by atoms with E-state index in [1.165, 1.54) is 32.1 Å². The van der Waals surface area contributed by atoms with E-state index >= 15 is 0 Å². The molecule has 1 saturated carbocycles. The first kappa shape index (κ1) is 17.0. The number of rotatable bonds is 4. The highest BCUT2D eigenvalue weighted by Gasteiger charge is 2.31. The molecular formula is C19H27N3O2. The summed E-state index contributed by atoms with van der Waals surface area (Å²) in [4.78, 5) is 26.3. The van der Waals surface area contributed by atoms with Crippen molar-refractivity contribution in [2.45, 2.75) is 32.1 Å². The van der Waals surface area contributed by atoms with Gasteiger partial charge < -0.3 is 10.6 Å². The van der Waals surface area contributed by atoms with Crippen molar-refractivity contribution in [1.82, 2.24) is 10.2 Å². The lowest BCUT2D eigenvalue weighted by Gasteiger charge is -2.41. The predicted molar refractivity (Wildman–Crippen MR) is 95.0 cm³/mol. The standard InChI is InChI=1S/C19H27N3O2/c1-20-19(24)15-7-4-8-17(11-15)21-18(23)13-22-10-9-14-5-2-3-6-16(14)12-22/h4,7-8,11,14,16H,2-3,5-6,9-10,12-13H2,1H3,(H,20,24)(H,21,23)/t14-,16+/m1/s1. The molecule has 0 unspecified atom stereocenters. The van der Waals surface area contributed by atoms with E-state index in [9.17, 15) is 9.59 Å². The van der Waals surface area contributed by atoms with Gasteiger partial charge in [-0.1, -0.05) is 25.3 Å². The van der Waals surface area contributed by atoms with Gasteiger partial charge in [-0.2, -0.15) is 0 Å². The van der Waals surface area contributed by atoms with Gasteiger partial charge in [0.2, 0.25) is 5.91 Å². The van der Waals surface area contributed by atoms with Gasteiger partial charge in [-0.05, 0) is 49.4 Å². The van der Waals surface area contributed by atoms with Crippen molar-refractivity contribution < 1.29 is 9.59 Å². The lowest BCUT2D eigenvalue weighted by Crippen LogP contribution is -2.44. The summed E-state index contributed by atoms with van der Waals surface area (Å²) in [6.07, 6.45) is 6.63. The summed E-state index contributed by atoms with van der Waals surface area (Å²) in [7, 11) is 1.60. The number of fused-ring (bicyclic) bond motifs is 1. The number of hydrogen-bond acceptors (Lipinski definition) is 3. The van der Waals surface area contributed by atoms with Crippen molar-refractivity contribution in [2.75, 3.05) is 32.0 Å². The first-order chi connectivity index (χ1) is 11.7. The van der Waals surface area contributed by atoms with Crippen LogP contribution < -0.4 is 10.6 Å². The monoisotopic (exact) mass is 329 g/mol. The molecule has 24 heavy (non-hydrogen) atoms. The van der Waals surface area contributed by atoms with Crippen molar-refractivity contribution >= 4 is 17.5 Å². The maximum Gasteiger partial charge on any atom is 0.251 e. The van der Waals surface area contributed by atoms with Gasteiger partial charge >= 0.3 is 0 Å². The lowest BCUT2D eigenvalue weighted by molar-refractivity contribution is -0.118. The summed E-state index contributed by atoms with van der Waals surface area (Å²) in [5.74, 6) is 1.50. The molecule has 2 fully saturated rings. The predicted octanol–water partition coefficient (Wildman–Crippen LogP) is 2.50. The van der Waals surface area contributed by atoms with Crippen LogP contribution in [0.1, 0.15) is 42.5 Å². The Hall–Kier alpha value is -1.88. The molecule has 130 valence electrons. The van der Waals surface area contributed by atoms with Gasteiger partial charge in [0.05, 0.1) is 6.54 Å². The van der Waals surface area contributed by atoms with Crippen molar-refractivity contribution in [3.8, 4) is 0 Å². The Morgan fingerprint density at radius 1 is 1.17 bits per heavy atom. The zero-order valence-electron chi connectivity index (χ0n) is 14.4. The van der Waals surface area contributed by atoms with Gasteiger partial charge in [-0.25, -0.2) is 0 Å². The number of nitrogens with one attached hydrogen (secondary N) is 2. The van der Waals surface area contributed by atoms with E-state index in [0.717, 1.165) is 24.9 Å². The molecule has 1 aliphatic heterocycles. The highest BCUT2D eigenvalue weighted by Crippen LogP contribution is 2.35. The summed E-state index contributed by atoms with van der Waals surface area (Å²) in [5, 5.41) is 5.51. The van der Waals surface area contributed by atoms with E-state index in [1.807, 2.05) is 6.07 Å². The average molecular weight is 329 g/mol. The summed E-state index contributed by atoms with van der Waals surface area (Å²) in [6.45, 7) is 2.51. The number of likely N-dealkylation sites (tertiary alicyclic amines) is 1. The second-order valence-electron chi connectivity index (χ2n) is 7.04. The van der Waals surface area contributed by atoms with Crippen LogP contribution in [0, 0.1) is 11.8 Å². The molecule has 1 heterocycles. The minimum Gasteiger partial charge on any atom is -0.355 e. The number of anilines is 1. The Morgan fingerprint density at radius 3 is 2.75 bits per heavy atom. The zero-order valence-corrected chi connectivity index (χ0v) is 14.4. The van der Waals surface area contributed by atoms with Crippen LogP contribution in [0.5, 0.6) is 0 Å². The van der Waals surface area contributed by atoms with Crippen molar-refractivity contribution in [3.63, 3.8) is 0 Å². The van der Waals surface area contributed by atoms with Crippen molar-refractivity contribution in [2.24, 2.45) is 11.8 Å². The Kier molecular flexibility index (Phi) is 5.51. The molecule has 0 radical (unpaired) electrons. The molecule has 2 amide bonds. The van der Waals surface area contributed by atoms with E-state index in [1.54, 1.807) is 25.2 Å². The molecule has 0 bridgehead atoms.